The van der Waals surface area contributed by atoms with Gasteiger partial charge in [-0.15, -0.1) is 0 Å². The molecule has 0 bridgehead atoms. The molecule has 0 radical (unpaired) electrons. The van der Waals surface area contributed by atoms with Gasteiger partial charge >= 0.3 is 0 Å². The Hall–Kier alpha value is -1.78. The minimum Gasteiger partial charge on any atom is -0.392 e. The minimum absolute atomic E-state index is 0.143. The van der Waals surface area contributed by atoms with Gasteiger partial charge in [0.1, 0.15) is 0 Å². The molecule has 0 aromatic heterocycles. The van der Waals surface area contributed by atoms with Crippen LogP contribution in [-0.4, -0.2) is 11.7 Å². The van der Waals surface area contributed by atoms with Gasteiger partial charge in [-0.3, -0.25) is 0 Å². The summed E-state index contributed by atoms with van der Waals surface area (Å²) in [6.07, 6.45) is 11.9. The summed E-state index contributed by atoms with van der Waals surface area (Å²) in [6, 6.07) is 10.2. The molecule has 18 heavy (non-hydrogen) atoms. The van der Waals surface area contributed by atoms with Crippen LogP contribution >= 0.6 is 0 Å². The molecule has 0 saturated carbocycles. The van der Waals surface area contributed by atoms with Gasteiger partial charge in [0.15, 0.2) is 0 Å². The summed E-state index contributed by atoms with van der Waals surface area (Å²) < 4.78 is 0. The summed E-state index contributed by atoms with van der Waals surface area (Å²) in [4.78, 5) is 0. The van der Waals surface area contributed by atoms with E-state index < -0.39 is 0 Å². The van der Waals surface area contributed by atoms with Crippen LogP contribution in [0.2, 0.25) is 0 Å². The summed E-state index contributed by atoms with van der Waals surface area (Å²) >= 11 is 0. The van der Waals surface area contributed by atoms with E-state index in [9.17, 15) is 0 Å². The Kier molecular flexibility index (Phi) is 8.23. The van der Waals surface area contributed by atoms with Crippen molar-refractivity contribution in [2.75, 3.05) is 6.61 Å². The van der Waals surface area contributed by atoms with Crippen molar-refractivity contribution >= 4 is 6.08 Å². The van der Waals surface area contributed by atoms with E-state index in [1.54, 1.807) is 6.08 Å². The summed E-state index contributed by atoms with van der Waals surface area (Å²) in [5.41, 5.74) is 1.18. The first-order valence-electron chi connectivity index (χ1n) is 6.39. The quantitative estimate of drug-likeness (QED) is 0.455. The van der Waals surface area contributed by atoms with Crippen LogP contribution in [0.25, 0.3) is 6.08 Å². The molecule has 0 aliphatic heterocycles. The van der Waals surface area contributed by atoms with Crippen molar-refractivity contribution in [3.8, 4) is 11.8 Å². The van der Waals surface area contributed by atoms with Gasteiger partial charge in [0.05, 0.1) is 6.61 Å². The molecule has 0 atom stereocenters. The predicted molar refractivity (Wildman–Crippen MR) is 77.9 cm³/mol. The fourth-order valence-electron chi connectivity index (χ4n) is 1.50. The maximum Gasteiger partial charge on any atom is 0.0612 e. The van der Waals surface area contributed by atoms with Crippen LogP contribution in [0.3, 0.4) is 0 Å². The van der Waals surface area contributed by atoms with Crippen molar-refractivity contribution < 1.29 is 5.11 Å². The molecule has 0 fully saturated rings. The zero-order chi connectivity index (χ0) is 12.9. The van der Waals surface area contributed by atoms with Crippen LogP contribution in [0, 0.1) is 11.8 Å². The number of aliphatic hydroxyl groups is 1. The average molecular weight is 240 g/mol. The molecule has 1 heteroatoms. The van der Waals surface area contributed by atoms with E-state index in [1.807, 2.05) is 36.4 Å². The Morgan fingerprint density at radius 3 is 2.67 bits per heavy atom. The smallest absolute Gasteiger partial charge is 0.0612 e. The second-order valence-electron chi connectivity index (χ2n) is 3.96. The first-order valence-corrected chi connectivity index (χ1v) is 6.39. The lowest BCUT2D eigenvalue weighted by molar-refractivity contribution is 0.342. The number of hydrogen-bond donors (Lipinski definition) is 1. The van der Waals surface area contributed by atoms with Gasteiger partial charge in [0.2, 0.25) is 0 Å². The third-order valence-corrected chi connectivity index (χ3v) is 2.46. The zero-order valence-electron chi connectivity index (χ0n) is 10.7. The van der Waals surface area contributed by atoms with Crippen molar-refractivity contribution in [1.82, 2.24) is 0 Å². The minimum atomic E-state index is 0.143. The highest BCUT2D eigenvalue weighted by atomic mass is 16.2. The fraction of sp³-hybridized carbons (Fsp3) is 0.294. The summed E-state index contributed by atoms with van der Waals surface area (Å²) in [5.74, 6) is 6.18. The normalized spacial score (nSPS) is 10.7. The van der Waals surface area contributed by atoms with Crippen LogP contribution in [-0.2, 0) is 0 Å². The SMILES string of the molecule is OCC=CCCCCC#CC=Cc1ccccc1. The Morgan fingerprint density at radius 1 is 1.06 bits per heavy atom. The van der Waals surface area contributed by atoms with E-state index in [4.69, 9.17) is 5.11 Å². The maximum absolute atomic E-state index is 8.54. The Morgan fingerprint density at radius 2 is 1.89 bits per heavy atom. The van der Waals surface area contributed by atoms with Crippen LogP contribution in [0.4, 0.5) is 0 Å². The van der Waals surface area contributed by atoms with E-state index in [0.717, 1.165) is 25.7 Å². The highest BCUT2D eigenvalue weighted by Crippen LogP contribution is 2.01. The number of allylic oxidation sites excluding steroid dienone is 2. The van der Waals surface area contributed by atoms with Crippen LogP contribution in [0.15, 0.2) is 48.6 Å². The molecular weight excluding hydrogens is 220 g/mol. The van der Waals surface area contributed by atoms with Crippen molar-refractivity contribution in [3.05, 3.63) is 54.1 Å². The van der Waals surface area contributed by atoms with E-state index >= 15 is 0 Å². The molecule has 0 aliphatic rings. The lowest BCUT2D eigenvalue weighted by atomic mass is 10.2. The summed E-state index contributed by atoms with van der Waals surface area (Å²) in [5, 5.41) is 8.54. The Bertz CT molecular complexity index is 418. The fourth-order valence-corrected chi connectivity index (χ4v) is 1.50. The Balaban J connectivity index is 2.11. The van der Waals surface area contributed by atoms with Gasteiger partial charge in [-0.1, -0.05) is 54.3 Å². The lowest BCUT2D eigenvalue weighted by Gasteiger charge is -1.90. The lowest BCUT2D eigenvalue weighted by Crippen LogP contribution is -1.75. The molecule has 1 nitrogen and oxygen atoms in total. The van der Waals surface area contributed by atoms with E-state index in [1.165, 1.54) is 5.56 Å². The monoisotopic (exact) mass is 240 g/mol. The third kappa shape index (κ3) is 7.49. The molecule has 0 aliphatic carbocycles. The first kappa shape index (κ1) is 14.3. The van der Waals surface area contributed by atoms with Crippen molar-refractivity contribution in [1.29, 1.82) is 0 Å². The molecule has 0 amide bonds. The van der Waals surface area contributed by atoms with Gasteiger partial charge in [0.25, 0.3) is 0 Å². The van der Waals surface area contributed by atoms with E-state index in [-0.39, 0.29) is 6.61 Å². The second kappa shape index (κ2) is 10.4. The van der Waals surface area contributed by atoms with Crippen LogP contribution < -0.4 is 0 Å². The number of rotatable bonds is 6. The standard InChI is InChI=1S/C17H20O/c18-16-12-7-5-3-1-2-4-6-9-13-17-14-10-8-11-15-17/h7-15,18H,1-3,5,16H2. The number of benzene rings is 1. The third-order valence-electron chi connectivity index (χ3n) is 2.46. The number of aliphatic hydroxyl groups excluding tert-OH is 1. The molecule has 1 N–H and O–H groups in total. The predicted octanol–water partition coefficient (Wildman–Crippen LogP) is 3.81. The summed E-state index contributed by atoms with van der Waals surface area (Å²) in [6.45, 7) is 0.143. The highest BCUT2D eigenvalue weighted by molar-refractivity contribution is 5.52. The molecule has 0 unspecified atom stereocenters. The van der Waals surface area contributed by atoms with Crippen LogP contribution in [0.1, 0.15) is 31.2 Å². The van der Waals surface area contributed by atoms with Gasteiger partial charge in [-0.2, -0.15) is 0 Å². The Labute approximate surface area is 110 Å². The van der Waals surface area contributed by atoms with Gasteiger partial charge in [-0.25, -0.2) is 0 Å². The molecule has 0 spiro atoms. The van der Waals surface area contributed by atoms with Crippen molar-refractivity contribution in [2.45, 2.75) is 25.7 Å². The highest BCUT2D eigenvalue weighted by Gasteiger charge is 1.83. The van der Waals surface area contributed by atoms with Crippen LogP contribution in [0.5, 0.6) is 0 Å². The van der Waals surface area contributed by atoms with Gasteiger partial charge < -0.3 is 5.11 Å². The average Bonchev–Trinajstić information content (AvgIpc) is 2.42. The molecule has 1 aromatic carbocycles. The molecule has 0 heterocycles. The van der Waals surface area contributed by atoms with Crippen molar-refractivity contribution in [3.63, 3.8) is 0 Å². The summed E-state index contributed by atoms with van der Waals surface area (Å²) in [7, 11) is 0. The number of hydrogen-bond acceptors (Lipinski definition) is 1. The van der Waals surface area contributed by atoms with Gasteiger partial charge in [0, 0.05) is 6.42 Å². The topological polar surface area (TPSA) is 20.2 Å². The van der Waals surface area contributed by atoms with Gasteiger partial charge in [-0.05, 0) is 37.0 Å². The largest absolute Gasteiger partial charge is 0.392 e. The number of unbranched alkanes of at least 4 members (excludes halogenated alkanes) is 3. The molecule has 0 saturated heterocycles. The molecule has 1 rings (SSSR count). The van der Waals surface area contributed by atoms with E-state index in [0.29, 0.717) is 0 Å². The first-order chi connectivity index (χ1) is 8.93. The van der Waals surface area contributed by atoms with Crippen molar-refractivity contribution in [2.24, 2.45) is 0 Å². The molecular formula is C17H20O. The molecule has 1 aromatic rings. The zero-order valence-corrected chi connectivity index (χ0v) is 10.7. The maximum atomic E-state index is 8.54. The second-order valence-corrected chi connectivity index (χ2v) is 3.96. The van der Waals surface area contributed by atoms with E-state index in [2.05, 4.69) is 24.0 Å². The molecule has 94 valence electrons.